The summed E-state index contributed by atoms with van der Waals surface area (Å²) in [5, 5.41) is 11.5. The standard InChI is InChI=1S/C16H13F3N4OS/c1-9-6-13(10(2)25-9)14(24)8-23-21-15(20-22-23)11-4-3-5-12(7-11)16(17,18)19/h3-7H,8H2,1-2H3. The molecule has 1 aromatic carbocycles. The van der Waals surface area contributed by atoms with Crippen molar-refractivity contribution in [3.8, 4) is 11.4 Å². The number of aromatic nitrogens is 4. The Morgan fingerprint density at radius 2 is 2.00 bits per heavy atom. The number of ketones is 1. The molecule has 25 heavy (non-hydrogen) atoms. The summed E-state index contributed by atoms with van der Waals surface area (Å²) in [7, 11) is 0. The van der Waals surface area contributed by atoms with Crippen molar-refractivity contribution in [2.24, 2.45) is 0 Å². The summed E-state index contributed by atoms with van der Waals surface area (Å²) in [5.41, 5.74) is -0.00157. The zero-order valence-corrected chi connectivity index (χ0v) is 14.1. The summed E-state index contributed by atoms with van der Waals surface area (Å²) in [6.07, 6.45) is -4.45. The summed E-state index contributed by atoms with van der Waals surface area (Å²) < 4.78 is 38.3. The molecule has 0 spiro atoms. The molecule has 0 atom stereocenters. The van der Waals surface area contributed by atoms with E-state index in [1.54, 1.807) is 6.07 Å². The van der Waals surface area contributed by atoms with Crippen LogP contribution in [0.3, 0.4) is 0 Å². The van der Waals surface area contributed by atoms with Gasteiger partial charge in [0.2, 0.25) is 5.82 Å². The number of benzene rings is 1. The van der Waals surface area contributed by atoms with Crippen LogP contribution < -0.4 is 0 Å². The molecule has 0 saturated carbocycles. The Kier molecular flexibility index (Phi) is 4.42. The van der Waals surface area contributed by atoms with Gasteiger partial charge in [0.05, 0.1) is 5.56 Å². The molecule has 0 aliphatic heterocycles. The van der Waals surface area contributed by atoms with Gasteiger partial charge in [-0.2, -0.15) is 18.0 Å². The van der Waals surface area contributed by atoms with Gasteiger partial charge in [0.15, 0.2) is 5.78 Å². The number of thiophene rings is 1. The number of alkyl halides is 3. The maximum atomic E-state index is 12.8. The molecular weight excluding hydrogens is 353 g/mol. The molecule has 2 aromatic heterocycles. The lowest BCUT2D eigenvalue weighted by molar-refractivity contribution is -0.137. The summed E-state index contributed by atoms with van der Waals surface area (Å²) in [4.78, 5) is 15.3. The van der Waals surface area contributed by atoms with E-state index < -0.39 is 11.7 Å². The highest BCUT2D eigenvalue weighted by Gasteiger charge is 2.30. The third kappa shape index (κ3) is 3.76. The van der Waals surface area contributed by atoms with Crippen molar-refractivity contribution in [3.05, 3.63) is 51.2 Å². The number of hydrogen-bond acceptors (Lipinski definition) is 5. The second-order valence-electron chi connectivity index (χ2n) is 5.47. The van der Waals surface area contributed by atoms with Gasteiger partial charge in [0.1, 0.15) is 6.54 Å². The van der Waals surface area contributed by atoms with Crippen LogP contribution in [-0.4, -0.2) is 26.0 Å². The Labute approximate surface area is 145 Å². The van der Waals surface area contributed by atoms with Gasteiger partial charge < -0.3 is 0 Å². The first-order chi connectivity index (χ1) is 11.7. The highest BCUT2D eigenvalue weighted by molar-refractivity contribution is 7.12. The fourth-order valence-electron chi connectivity index (χ4n) is 2.38. The van der Waals surface area contributed by atoms with E-state index in [2.05, 4.69) is 15.4 Å². The lowest BCUT2D eigenvalue weighted by atomic mass is 10.1. The molecule has 5 nitrogen and oxygen atoms in total. The summed E-state index contributed by atoms with van der Waals surface area (Å²) >= 11 is 1.52. The van der Waals surface area contributed by atoms with E-state index in [1.165, 1.54) is 23.5 Å². The smallest absolute Gasteiger partial charge is 0.292 e. The van der Waals surface area contributed by atoms with Gasteiger partial charge in [0, 0.05) is 20.9 Å². The van der Waals surface area contributed by atoms with E-state index in [9.17, 15) is 18.0 Å². The predicted molar refractivity (Wildman–Crippen MR) is 86.4 cm³/mol. The minimum Gasteiger partial charge on any atom is -0.292 e. The van der Waals surface area contributed by atoms with Gasteiger partial charge in [-0.3, -0.25) is 4.79 Å². The van der Waals surface area contributed by atoms with E-state index >= 15 is 0 Å². The molecule has 3 rings (SSSR count). The minimum atomic E-state index is -4.45. The van der Waals surface area contributed by atoms with Gasteiger partial charge in [-0.15, -0.1) is 21.5 Å². The quantitative estimate of drug-likeness (QED) is 0.657. The van der Waals surface area contributed by atoms with Crippen LogP contribution >= 0.6 is 11.3 Å². The van der Waals surface area contributed by atoms with E-state index in [0.29, 0.717) is 5.56 Å². The number of carbonyl (C=O) groups is 1. The molecule has 2 heterocycles. The number of Topliss-reactive ketones (excluding diaryl/α,β-unsaturated/α-hetero) is 1. The van der Waals surface area contributed by atoms with Crippen LogP contribution in [0.4, 0.5) is 13.2 Å². The first kappa shape index (κ1) is 17.3. The van der Waals surface area contributed by atoms with Gasteiger partial charge in [0.25, 0.3) is 0 Å². The predicted octanol–water partition coefficient (Wildman–Crippen LogP) is 3.92. The Morgan fingerprint density at radius 3 is 2.64 bits per heavy atom. The molecule has 0 amide bonds. The number of carbonyl (C=O) groups excluding carboxylic acids is 1. The highest BCUT2D eigenvalue weighted by Crippen LogP contribution is 2.31. The zero-order chi connectivity index (χ0) is 18.2. The third-order valence-corrected chi connectivity index (χ3v) is 4.49. The van der Waals surface area contributed by atoms with Crippen molar-refractivity contribution in [1.29, 1.82) is 0 Å². The van der Waals surface area contributed by atoms with Gasteiger partial charge in [-0.1, -0.05) is 12.1 Å². The molecule has 0 bridgehead atoms. The lowest BCUT2D eigenvalue weighted by Crippen LogP contribution is -2.13. The van der Waals surface area contributed by atoms with Crippen molar-refractivity contribution >= 4 is 17.1 Å². The SMILES string of the molecule is Cc1cc(C(=O)Cn2nnc(-c3cccc(C(F)(F)F)c3)n2)c(C)s1. The van der Waals surface area contributed by atoms with E-state index in [0.717, 1.165) is 26.7 Å². The van der Waals surface area contributed by atoms with Crippen LogP contribution in [0.2, 0.25) is 0 Å². The van der Waals surface area contributed by atoms with Crippen molar-refractivity contribution < 1.29 is 18.0 Å². The second-order valence-corrected chi connectivity index (χ2v) is 6.93. The molecule has 130 valence electrons. The van der Waals surface area contributed by atoms with E-state index in [4.69, 9.17) is 0 Å². The number of aryl methyl sites for hydroxylation is 2. The minimum absolute atomic E-state index is 0.0390. The molecule has 0 fully saturated rings. The van der Waals surface area contributed by atoms with Gasteiger partial charge >= 0.3 is 6.18 Å². The van der Waals surface area contributed by atoms with Gasteiger partial charge in [-0.05, 0) is 37.3 Å². The Bertz CT molecular complexity index is 930. The Hall–Kier alpha value is -2.55. The average molecular weight is 366 g/mol. The molecule has 0 saturated heterocycles. The van der Waals surface area contributed by atoms with Crippen LogP contribution in [-0.2, 0) is 12.7 Å². The second kappa shape index (κ2) is 6.40. The summed E-state index contributed by atoms with van der Waals surface area (Å²) in [6, 6.07) is 6.47. The summed E-state index contributed by atoms with van der Waals surface area (Å²) in [6.45, 7) is 3.64. The molecular formula is C16H13F3N4OS. The number of halogens is 3. The van der Waals surface area contributed by atoms with Crippen molar-refractivity contribution in [3.63, 3.8) is 0 Å². The first-order valence-electron chi connectivity index (χ1n) is 7.30. The Morgan fingerprint density at radius 1 is 1.24 bits per heavy atom. The fraction of sp³-hybridized carbons (Fsp3) is 0.250. The molecule has 9 heteroatoms. The van der Waals surface area contributed by atoms with Crippen LogP contribution in [0.1, 0.15) is 25.7 Å². The van der Waals surface area contributed by atoms with Crippen LogP contribution in [0.25, 0.3) is 11.4 Å². The molecule has 3 aromatic rings. The maximum absolute atomic E-state index is 12.8. The lowest BCUT2D eigenvalue weighted by Gasteiger charge is -2.06. The summed E-state index contributed by atoms with van der Waals surface area (Å²) in [5.74, 6) is -0.132. The van der Waals surface area contributed by atoms with Crippen LogP contribution in [0.15, 0.2) is 30.3 Å². The highest BCUT2D eigenvalue weighted by atomic mass is 32.1. The number of tetrazole rings is 1. The number of nitrogens with zero attached hydrogens (tertiary/aromatic N) is 4. The normalized spacial score (nSPS) is 11.7. The molecule has 0 aliphatic rings. The average Bonchev–Trinajstić information content (AvgIpc) is 3.13. The molecule has 0 unspecified atom stereocenters. The van der Waals surface area contributed by atoms with Crippen molar-refractivity contribution in [2.75, 3.05) is 0 Å². The van der Waals surface area contributed by atoms with E-state index in [1.807, 2.05) is 13.8 Å². The van der Waals surface area contributed by atoms with Crippen LogP contribution in [0, 0.1) is 13.8 Å². The largest absolute Gasteiger partial charge is 0.416 e. The Balaban J connectivity index is 1.81. The monoisotopic (exact) mass is 366 g/mol. The topological polar surface area (TPSA) is 60.7 Å². The van der Waals surface area contributed by atoms with Gasteiger partial charge in [-0.25, -0.2) is 0 Å². The van der Waals surface area contributed by atoms with E-state index in [-0.39, 0.29) is 23.7 Å². The van der Waals surface area contributed by atoms with Crippen molar-refractivity contribution in [2.45, 2.75) is 26.6 Å². The van der Waals surface area contributed by atoms with Crippen molar-refractivity contribution in [1.82, 2.24) is 20.2 Å². The molecule has 0 aliphatic carbocycles. The number of rotatable bonds is 4. The number of hydrogen-bond donors (Lipinski definition) is 0. The zero-order valence-electron chi connectivity index (χ0n) is 13.3. The van der Waals surface area contributed by atoms with Crippen LogP contribution in [0.5, 0.6) is 0 Å². The maximum Gasteiger partial charge on any atom is 0.416 e. The molecule has 0 N–H and O–H groups in total. The first-order valence-corrected chi connectivity index (χ1v) is 8.11. The third-order valence-electron chi connectivity index (χ3n) is 3.53. The molecule has 0 radical (unpaired) electrons. The fourth-order valence-corrected chi connectivity index (χ4v) is 3.32.